The van der Waals surface area contributed by atoms with Gasteiger partial charge in [0.05, 0.1) is 0 Å². The van der Waals surface area contributed by atoms with Gasteiger partial charge in [0.15, 0.2) is 0 Å². The second-order valence-electron chi connectivity index (χ2n) is 3.54. The SMILES string of the molecule is C=CCCCC=CCCCCCC. The highest BCUT2D eigenvalue weighted by Gasteiger charge is 1.84. The van der Waals surface area contributed by atoms with Gasteiger partial charge in [-0.25, -0.2) is 0 Å². The van der Waals surface area contributed by atoms with E-state index in [1.54, 1.807) is 0 Å². The Morgan fingerprint density at radius 1 is 0.846 bits per heavy atom. The number of hydrogen-bond acceptors (Lipinski definition) is 0. The molecule has 0 radical (unpaired) electrons. The van der Waals surface area contributed by atoms with Crippen LogP contribution in [0.1, 0.15) is 58.3 Å². The molecule has 0 N–H and O–H groups in total. The van der Waals surface area contributed by atoms with Gasteiger partial charge in [-0.3, -0.25) is 0 Å². The third kappa shape index (κ3) is 11.5. The van der Waals surface area contributed by atoms with E-state index >= 15 is 0 Å². The van der Waals surface area contributed by atoms with Crippen LogP contribution < -0.4 is 0 Å². The summed E-state index contributed by atoms with van der Waals surface area (Å²) in [5, 5.41) is 0. The van der Waals surface area contributed by atoms with E-state index in [1.165, 1.54) is 44.9 Å². The average molecular weight is 180 g/mol. The second-order valence-corrected chi connectivity index (χ2v) is 3.54. The van der Waals surface area contributed by atoms with Crippen molar-refractivity contribution in [1.82, 2.24) is 0 Å². The van der Waals surface area contributed by atoms with Crippen molar-refractivity contribution in [2.75, 3.05) is 0 Å². The summed E-state index contributed by atoms with van der Waals surface area (Å²) in [5.41, 5.74) is 0. The van der Waals surface area contributed by atoms with E-state index in [4.69, 9.17) is 0 Å². The lowest BCUT2D eigenvalue weighted by Crippen LogP contribution is -1.74. The van der Waals surface area contributed by atoms with Gasteiger partial charge >= 0.3 is 0 Å². The van der Waals surface area contributed by atoms with Gasteiger partial charge in [0.25, 0.3) is 0 Å². The first-order valence-corrected chi connectivity index (χ1v) is 5.67. The Hall–Kier alpha value is -0.520. The van der Waals surface area contributed by atoms with Crippen molar-refractivity contribution in [3.05, 3.63) is 24.8 Å². The molecule has 0 aromatic carbocycles. The van der Waals surface area contributed by atoms with Crippen molar-refractivity contribution in [3.63, 3.8) is 0 Å². The fourth-order valence-electron chi connectivity index (χ4n) is 1.30. The summed E-state index contributed by atoms with van der Waals surface area (Å²) >= 11 is 0. The fourth-order valence-corrected chi connectivity index (χ4v) is 1.30. The van der Waals surface area contributed by atoms with E-state index < -0.39 is 0 Å². The minimum atomic E-state index is 1.15. The van der Waals surface area contributed by atoms with Crippen LogP contribution in [0.2, 0.25) is 0 Å². The molecule has 0 saturated carbocycles. The van der Waals surface area contributed by atoms with E-state index in [0.29, 0.717) is 0 Å². The summed E-state index contributed by atoms with van der Waals surface area (Å²) < 4.78 is 0. The van der Waals surface area contributed by atoms with E-state index in [1.807, 2.05) is 6.08 Å². The van der Waals surface area contributed by atoms with Crippen molar-refractivity contribution in [2.45, 2.75) is 58.3 Å². The van der Waals surface area contributed by atoms with Gasteiger partial charge in [-0.05, 0) is 32.1 Å². The van der Waals surface area contributed by atoms with Crippen LogP contribution in [-0.4, -0.2) is 0 Å². The van der Waals surface area contributed by atoms with E-state index in [9.17, 15) is 0 Å². The summed E-state index contributed by atoms with van der Waals surface area (Å²) in [7, 11) is 0. The van der Waals surface area contributed by atoms with Crippen LogP contribution in [0.25, 0.3) is 0 Å². The van der Waals surface area contributed by atoms with Crippen molar-refractivity contribution < 1.29 is 0 Å². The van der Waals surface area contributed by atoms with Crippen LogP contribution in [0.3, 0.4) is 0 Å². The number of unbranched alkanes of at least 4 members (excludes halogenated alkanes) is 6. The number of hydrogen-bond donors (Lipinski definition) is 0. The molecular weight excluding hydrogens is 156 g/mol. The zero-order chi connectivity index (χ0) is 9.78. The highest BCUT2D eigenvalue weighted by Crippen LogP contribution is 2.04. The molecule has 0 atom stereocenters. The summed E-state index contributed by atoms with van der Waals surface area (Å²) in [4.78, 5) is 0. The number of rotatable bonds is 9. The van der Waals surface area contributed by atoms with E-state index in [-0.39, 0.29) is 0 Å². The highest BCUT2D eigenvalue weighted by molar-refractivity contribution is 4.82. The van der Waals surface area contributed by atoms with Gasteiger partial charge in [0.2, 0.25) is 0 Å². The highest BCUT2D eigenvalue weighted by atomic mass is 13.9. The van der Waals surface area contributed by atoms with Gasteiger partial charge in [-0.2, -0.15) is 0 Å². The Balaban J connectivity index is 2.98. The zero-order valence-corrected chi connectivity index (χ0v) is 9.10. The maximum Gasteiger partial charge on any atom is -0.0348 e. The van der Waals surface area contributed by atoms with Gasteiger partial charge in [0, 0.05) is 0 Å². The summed E-state index contributed by atoms with van der Waals surface area (Å²) in [6.45, 7) is 5.96. The largest absolute Gasteiger partial charge is 0.103 e. The van der Waals surface area contributed by atoms with Crippen molar-refractivity contribution in [3.8, 4) is 0 Å². The third-order valence-electron chi connectivity index (χ3n) is 2.17. The lowest BCUT2D eigenvalue weighted by atomic mass is 10.1. The lowest BCUT2D eigenvalue weighted by molar-refractivity contribution is 0.673. The van der Waals surface area contributed by atoms with Crippen LogP contribution in [0.5, 0.6) is 0 Å². The molecule has 0 heteroatoms. The molecule has 0 fully saturated rings. The van der Waals surface area contributed by atoms with Crippen LogP contribution in [-0.2, 0) is 0 Å². The van der Waals surface area contributed by atoms with Gasteiger partial charge < -0.3 is 0 Å². The quantitative estimate of drug-likeness (QED) is 0.351. The Morgan fingerprint density at radius 3 is 2.15 bits per heavy atom. The third-order valence-corrected chi connectivity index (χ3v) is 2.17. The first-order valence-electron chi connectivity index (χ1n) is 5.67. The molecule has 0 rings (SSSR count). The fraction of sp³-hybridized carbons (Fsp3) is 0.692. The minimum absolute atomic E-state index is 1.15. The standard InChI is InChI=1S/C13H24/c1-3-5-7-9-11-13-12-10-8-6-4-2/h3,11,13H,1,4-10,12H2,2H3. The maximum atomic E-state index is 3.70. The first kappa shape index (κ1) is 12.5. The number of allylic oxidation sites excluding steroid dienone is 3. The molecule has 13 heavy (non-hydrogen) atoms. The summed E-state index contributed by atoms with van der Waals surface area (Å²) in [6.07, 6.45) is 17.0. The Morgan fingerprint density at radius 2 is 1.54 bits per heavy atom. The summed E-state index contributed by atoms with van der Waals surface area (Å²) in [6, 6.07) is 0. The molecular formula is C13H24. The molecule has 0 unspecified atom stereocenters. The molecule has 0 heterocycles. The normalized spacial score (nSPS) is 10.8. The maximum absolute atomic E-state index is 3.70. The second kappa shape index (κ2) is 11.5. The van der Waals surface area contributed by atoms with E-state index in [0.717, 1.165) is 6.42 Å². The van der Waals surface area contributed by atoms with Crippen molar-refractivity contribution >= 4 is 0 Å². The Kier molecular flexibility index (Phi) is 11.0. The zero-order valence-electron chi connectivity index (χ0n) is 9.10. The van der Waals surface area contributed by atoms with Crippen LogP contribution in [0.4, 0.5) is 0 Å². The predicted molar refractivity (Wildman–Crippen MR) is 61.9 cm³/mol. The molecule has 0 bridgehead atoms. The lowest BCUT2D eigenvalue weighted by Gasteiger charge is -1.94. The van der Waals surface area contributed by atoms with Crippen LogP contribution in [0.15, 0.2) is 24.8 Å². The average Bonchev–Trinajstić information content (AvgIpc) is 2.16. The smallest absolute Gasteiger partial charge is 0.0348 e. The molecule has 0 aliphatic rings. The minimum Gasteiger partial charge on any atom is -0.103 e. The van der Waals surface area contributed by atoms with Crippen molar-refractivity contribution in [1.29, 1.82) is 0 Å². The Bertz CT molecular complexity index is 122. The molecule has 76 valence electrons. The molecule has 0 aliphatic carbocycles. The predicted octanol–water partition coefficient (Wildman–Crippen LogP) is 4.87. The molecule has 0 aromatic rings. The molecule has 0 amide bonds. The van der Waals surface area contributed by atoms with E-state index in [2.05, 4.69) is 25.7 Å². The molecule has 0 nitrogen and oxygen atoms in total. The van der Waals surface area contributed by atoms with Crippen LogP contribution in [0, 0.1) is 0 Å². The molecule has 0 saturated heterocycles. The van der Waals surface area contributed by atoms with Gasteiger partial charge in [-0.1, -0.05) is 44.4 Å². The Labute approximate surface area is 83.7 Å². The van der Waals surface area contributed by atoms with Gasteiger partial charge in [-0.15, -0.1) is 6.58 Å². The topological polar surface area (TPSA) is 0 Å². The summed E-state index contributed by atoms with van der Waals surface area (Å²) in [5.74, 6) is 0. The monoisotopic (exact) mass is 180 g/mol. The van der Waals surface area contributed by atoms with Gasteiger partial charge in [0.1, 0.15) is 0 Å². The van der Waals surface area contributed by atoms with Crippen LogP contribution >= 0.6 is 0 Å². The molecule has 0 aromatic heterocycles. The van der Waals surface area contributed by atoms with Crippen molar-refractivity contribution in [2.24, 2.45) is 0 Å². The molecule has 0 aliphatic heterocycles. The first-order chi connectivity index (χ1) is 6.41. The molecule has 0 spiro atoms.